The molecule has 4 nitrogen and oxygen atoms in total. The van der Waals surface area contributed by atoms with Crippen molar-refractivity contribution < 1.29 is 4.79 Å². The molecule has 2 aromatic rings. The average Bonchev–Trinajstić information content (AvgIpc) is 2.95. The molecular weight excluding hydrogens is 258 g/mol. The summed E-state index contributed by atoms with van der Waals surface area (Å²) >= 11 is 1.70. The molecule has 0 aromatic carbocycles. The van der Waals surface area contributed by atoms with Crippen molar-refractivity contribution >= 4 is 34.7 Å². The minimum atomic E-state index is -0.110. The standard InChI is InChI=1S/C14H13N3OS/c1-3-9-4-5-10(19-9)6-11-12-7-15-8(2)16-13(12)17-14(11)18/h4-7H,3H2,1-2H3,(H,15,16,17,18). The van der Waals surface area contributed by atoms with Gasteiger partial charge in [-0.05, 0) is 31.6 Å². The summed E-state index contributed by atoms with van der Waals surface area (Å²) in [5.74, 6) is 1.15. The fourth-order valence-corrected chi connectivity index (χ4v) is 2.90. The summed E-state index contributed by atoms with van der Waals surface area (Å²) in [6.45, 7) is 3.93. The van der Waals surface area contributed by atoms with E-state index in [1.807, 2.05) is 12.1 Å². The number of hydrogen-bond donors (Lipinski definition) is 1. The van der Waals surface area contributed by atoms with Crippen molar-refractivity contribution in [3.63, 3.8) is 0 Å². The molecule has 0 unspecified atom stereocenters. The highest BCUT2D eigenvalue weighted by Crippen LogP contribution is 2.32. The topological polar surface area (TPSA) is 54.9 Å². The smallest absolute Gasteiger partial charge is 0.257 e. The Morgan fingerprint density at radius 1 is 1.42 bits per heavy atom. The Morgan fingerprint density at radius 3 is 3.00 bits per heavy atom. The third-order valence-electron chi connectivity index (χ3n) is 2.99. The number of carbonyl (C=O) groups excluding carboxylic acids is 1. The number of aryl methyl sites for hydroxylation is 2. The van der Waals surface area contributed by atoms with E-state index < -0.39 is 0 Å². The lowest BCUT2D eigenvalue weighted by molar-refractivity contribution is -0.110. The molecule has 1 N–H and O–H groups in total. The molecule has 1 amide bonds. The van der Waals surface area contributed by atoms with E-state index in [1.165, 1.54) is 4.88 Å². The zero-order chi connectivity index (χ0) is 13.4. The molecule has 96 valence electrons. The van der Waals surface area contributed by atoms with Gasteiger partial charge >= 0.3 is 0 Å². The first-order valence-electron chi connectivity index (χ1n) is 6.13. The number of amides is 1. The minimum absolute atomic E-state index is 0.110. The molecule has 19 heavy (non-hydrogen) atoms. The summed E-state index contributed by atoms with van der Waals surface area (Å²) in [6, 6.07) is 4.13. The van der Waals surface area contributed by atoms with Crippen LogP contribution in [-0.2, 0) is 11.2 Å². The summed E-state index contributed by atoms with van der Waals surface area (Å²) in [5, 5.41) is 2.78. The highest BCUT2D eigenvalue weighted by molar-refractivity contribution is 7.13. The number of nitrogens with one attached hydrogen (secondary N) is 1. The van der Waals surface area contributed by atoms with Crippen LogP contribution in [0.1, 0.15) is 28.1 Å². The van der Waals surface area contributed by atoms with Crippen molar-refractivity contribution in [2.75, 3.05) is 5.32 Å². The number of rotatable bonds is 2. The van der Waals surface area contributed by atoms with Crippen LogP contribution in [0.2, 0.25) is 0 Å². The van der Waals surface area contributed by atoms with Gasteiger partial charge in [0.15, 0.2) is 0 Å². The second-order valence-electron chi connectivity index (χ2n) is 4.35. The van der Waals surface area contributed by atoms with E-state index >= 15 is 0 Å². The first-order valence-corrected chi connectivity index (χ1v) is 6.95. The second kappa shape index (κ2) is 4.59. The van der Waals surface area contributed by atoms with Crippen LogP contribution in [0, 0.1) is 6.92 Å². The molecule has 0 aliphatic carbocycles. The van der Waals surface area contributed by atoms with Crippen molar-refractivity contribution in [3.05, 3.63) is 39.5 Å². The SMILES string of the molecule is CCc1ccc(C=C2C(=O)Nc3nc(C)ncc32)s1. The maximum atomic E-state index is 12.0. The molecule has 1 aliphatic heterocycles. The fraction of sp³-hybridized carbons (Fsp3) is 0.214. The van der Waals surface area contributed by atoms with Crippen LogP contribution in [0.4, 0.5) is 5.82 Å². The van der Waals surface area contributed by atoms with Crippen LogP contribution in [0.5, 0.6) is 0 Å². The Balaban J connectivity index is 2.04. The Kier molecular flexibility index (Phi) is 2.91. The van der Waals surface area contributed by atoms with Crippen LogP contribution in [0.15, 0.2) is 18.3 Å². The monoisotopic (exact) mass is 271 g/mol. The van der Waals surface area contributed by atoms with Crippen molar-refractivity contribution in [3.8, 4) is 0 Å². The molecule has 0 atom stereocenters. The molecule has 5 heteroatoms. The van der Waals surface area contributed by atoms with Gasteiger partial charge in [0.25, 0.3) is 5.91 Å². The molecule has 3 rings (SSSR count). The Bertz CT molecular complexity index is 688. The second-order valence-corrected chi connectivity index (χ2v) is 5.55. The minimum Gasteiger partial charge on any atom is -0.306 e. The summed E-state index contributed by atoms with van der Waals surface area (Å²) in [7, 11) is 0. The third kappa shape index (κ3) is 2.17. The van der Waals surface area contributed by atoms with Gasteiger partial charge < -0.3 is 5.32 Å². The van der Waals surface area contributed by atoms with E-state index in [9.17, 15) is 4.79 Å². The summed E-state index contributed by atoms with van der Waals surface area (Å²) < 4.78 is 0. The van der Waals surface area contributed by atoms with Crippen LogP contribution in [-0.4, -0.2) is 15.9 Å². The third-order valence-corrected chi connectivity index (χ3v) is 4.17. The zero-order valence-corrected chi connectivity index (χ0v) is 11.5. The lowest BCUT2D eigenvalue weighted by atomic mass is 10.1. The number of fused-ring (bicyclic) bond motifs is 1. The quantitative estimate of drug-likeness (QED) is 0.854. The fourth-order valence-electron chi connectivity index (χ4n) is 2.01. The van der Waals surface area contributed by atoms with Crippen molar-refractivity contribution in [2.24, 2.45) is 0 Å². The highest BCUT2D eigenvalue weighted by atomic mass is 32.1. The highest BCUT2D eigenvalue weighted by Gasteiger charge is 2.25. The van der Waals surface area contributed by atoms with Gasteiger partial charge in [0.2, 0.25) is 0 Å². The number of nitrogens with zero attached hydrogens (tertiary/aromatic N) is 2. The number of hydrogen-bond acceptors (Lipinski definition) is 4. The van der Waals surface area contributed by atoms with Gasteiger partial charge in [0.1, 0.15) is 11.6 Å². The molecule has 0 bridgehead atoms. The van der Waals surface area contributed by atoms with Crippen LogP contribution in [0.25, 0.3) is 11.6 Å². The molecule has 3 heterocycles. The van der Waals surface area contributed by atoms with Crippen molar-refractivity contribution in [1.82, 2.24) is 9.97 Å². The Labute approximate surface area is 115 Å². The summed E-state index contributed by atoms with van der Waals surface area (Å²) in [5.41, 5.74) is 1.42. The lowest BCUT2D eigenvalue weighted by Crippen LogP contribution is -2.04. The van der Waals surface area contributed by atoms with Gasteiger partial charge in [-0.25, -0.2) is 9.97 Å². The molecular formula is C14H13N3OS. The zero-order valence-electron chi connectivity index (χ0n) is 10.7. The van der Waals surface area contributed by atoms with E-state index in [0.717, 1.165) is 16.9 Å². The van der Waals surface area contributed by atoms with E-state index in [4.69, 9.17) is 0 Å². The first kappa shape index (κ1) is 12.0. The van der Waals surface area contributed by atoms with Crippen LogP contribution in [0.3, 0.4) is 0 Å². The molecule has 1 aliphatic rings. The predicted octanol–water partition coefficient (Wildman–Crippen LogP) is 2.90. The van der Waals surface area contributed by atoms with Crippen molar-refractivity contribution in [1.29, 1.82) is 0 Å². The van der Waals surface area contributed by atoms with E-state index in [1.54, 1.807) is 24.5 Å². The average molecular weight is 271 g/mol. The summed E-state index contributed by atoms with van der Waals surface area (Å²) in [6.07, 6.45) is 4.62. The Hall–Kier alpha value is -2.01. The maximum Gasteiger partial charge on any atom is 0.257 e. The number of thiophene rings is 1. The largest absolute Gasteiger partial charge is 0.306 e. The molecule has 0 spiro atoms. The van der Waals surface area contributed by atoms with Gasteiger partial charge in [-0.1, -0.05) is 6.92 Å². The molecule has 0 radical (unpaired) electrons. The van der Waals surface area contributed by atoms with Gasteiger partial charge in [-0.3, -0.25) is 4.79 Å². The van der Waals surface area contributed by atoms with Gasteiger partial charge in [0.05, 0.1) is 5.57 Å². The molecule has 0 saturated heterocycles. The molecule has 0 fully saturated rings. The lowest BCUT2D eigenvalue weighted by Gasteiger charge is -1.97. The normalized spacial score (nSPS) is 15.7. The van der Waals surface area contributed by atoms with E-state index in [-0.39, 0.29) is 5.91 Å². The number of carbonyl (C=O) groups is 1. The number of aromatic nitrogens is 2. The van der Waals surface area contributed by atoms with Gasteiger partial charge in [-0.2, -0.15) is 0 Å². The number of anilines is 1. The van der Waals surface area contributed by atoms with Gasteiger partial charge in [0, 0.05) is 21.5 Å². The van der Waals surface area contributed by atoms with E-state index in [2.05, 4.69) is 28.3 Å². The van der Waals surface area contributed by atoms with Crippen LogP contribution < -0.4 is 5.32 Å². The Morgan fingerprint density at radius 2 is 2.26 bits per heavy atom. The van der Waals surface area contributed by atoms with Crippen LogP contribution >= 0.6 is 11.3 Å². The van der Waals surface area contributed by atoms with Gasteiger partial charge in [-0.15, -0.1) is 11.3 Å². The van der Waals surface area contributed by atoms with E-state index in [0.29, 0.717) is 17.2 Å². The van der Waals surface area contributed by atoms with Crippen molar-refractivity contribution in [2.45, 2.75) is 20.3 Å². The summed E-state index contributed by atoms with van der Waals surface area (Å²) in [4.78, 5) is 22.8. The first-order chi connectivity index (χ1) is 9.17. The molecule has 0 saturated carbocycles. The predicted molar refractivity (Wildman–Crippen MR) is 77.0 cm³/mol. The maximum absolute atomic E-state index is 12.0. The molecule has 2 aromatic heterocycles.